The summed E-state index contributed by atoms with van der Waals surface area (Å²) in [6.07, 6.45) is 4.99. The van der Waals surface area contributed by atoms with E-state index < -0.39 is 16.1 Å². The van der Waals surface area contributed by atoms with E-state index in [-0.39, 0.29) is 19.8 Å². The molecule has 3 N–H and O–H groups in total. The summed E-state index contributed by atoms with van der Waals surface area (Å²) in [6.45, 7) is 0. The van der Waals surface area contributed by atoms with Crippen LogP contribution in [0.2, 0.25) is 4.34 Å². The van der Waals surface area contributed by atoms with Gasteiger partial charge >= 0.3 is 6.03 Å². The zero-order chi connectivity index (χ0) is 23.9. The SMILES string of the molecule is O=C(Nc1ccc(-n2cnc3cc(NC4CC4)ccc3c2=O)nc1)NS(=O)(=O)c1ccc(Cl)s1. The van der Waals surface area contributed by atoms with Gasteiger partial charge in [-0.15, -0.1) is 11.3 Å². The highest BCUT2D eigenvalue weighted by atomic mass is 35.5. The first-order chi connectivity index (χ1) is 16.3. The monoisotopic (exact) mass is 516 g/mol. The standard InChI is InChI=1S/C21H17ClN6O4S2/c22-17-6-8-19(33-17)34(31,32)27-21(30)26-14-4-7-18(23-10-14)28-11-24-16-9-13(25-12-1-2-12)3-5-15(16)20(28)29/h3-12,25H,1-2H2,(H2,26,27,30). The molecule has 4 aromatic rings. The maximum absolute atomic E-state index is 12.9. The van der Waals surface area contributed by atoms with Crippen LogP contribution in [0.5, 0.6) is 0 Å². The third kappa shape index (κ3) is 4.74. The Balaban J connectivity index is 1.31. The zero-order valence-corrected chi connectivity index (χ0v) is 19.7. The smallest absolute Gasteiger partial charge is 0.333 e. The van der Waals surface area contributed by atoms with E-state index in [9.17, 15) is 18.0 Å². The van der Waals surface area contributed by atoms with Gasteiger partial charge in [-0.2, -0.15) is 0 Å². The van der Waals surface area contributed by atoms with E-state index >= 15 is 0 Å². The Bertz CT molecular complexity index is 1560. The number of benzene rings is 1. The van der Waals surface area contributed by atoms with Crippen LogP contribution in [0.15, 0.2) is 64.0 Å². The van der Waals surface area contributed by atoms with E-state index in [2.05, 4.69) is 20.6 Å². The maximum Gasteiger partial charge on any atom is 0.333 e. The molecule has 5 rings (SSSR count). The minimum atomic E-state index is -4.05. The van der Waals surface area contributed by atoms with Crippen molar-refractivity contribution in [1.29, 1.82) is 0 Å². The summed E-state index contributed by atoms with van der Waals surface area (Å²) < 4.78 is 27.8. The molecule has 0 saturated heterocycles. The Morgan fingerprint density at radius 1 is 1.09 bits per heavy atom. The van der Waals surface area contributed by atoms with E-state index in [1.807, 2.05) is 16.9 Å². The number of urea groups is 1. The highest BCUT2D eigenvalue weighted by molar-refractivity contribution is 7.92. The van der Waals surface area contributed by atoms with E-state index in [4.69, 9.17) is 11.6 Å². The molecule has 3 aromatic heterocycles. The van der Waals surface area contributed by atoms with E-state index in [0.29, 0.717) is 22.8 Å². The molecular weight excluding hydrogens is 500 g/mol. The molecule has 0 spiro atoms. The molecule has 10 nitrogen and oxygen atoms in total. The topological polar surface area (TPSA) is 135 Å². The molecule has 174 valence electrons. The third-order valence-corrected chi connectivity index (χ3v) is 8.05. The van der Waals surface area contributed by atoms with Gasteiger partial charge in [-0.1, -0.05) is 11.6 Å². The van der Waals surface area contributed by atoms with E-state index in [1.54, 1.807) is 6.07 Å². The lowest BCUT2D eigenvalue weighted by Crippen LogP contribution is -2.34. The number of carbonyl (C=O) groups excluding carboxylic acids is 1. The fraction of sp³-hybridized carbons (Fsp3) is 0.143. The van der Waals surface area contributed by atoms with Crippen LogP contribution in [0, 0.1) is 0 Å². The van der Waals surface area contributed by atoms with Crippen LogP contribution in [0.4, 0.5) is 16.2 Å². The summed E-state index contributed by atoms with van der Waals surface area (Å²) in [5.41, 5.74) is 1.46. The van der Waals surface area contributed by atoms with E-state index in [0.717, 1.165) is 29.9 Å². The summed E-state index contributed by atoms with van der Waals surface area (Å²) in [6, 6.07) is 10.7. The highest BCUT2D eigenvalue weighted by Gasteiger charge is 2.21. The number of thiophene rings is 1. The average molecular weight is 517 g/mol. The van der Waals surface area contributed by atoms with Gasteiger partial charge in [0.15, 0.2) is 0 Å². The molecule has 0 bridgehead atoms. The first kappa shape index (κ1) is 22.3. The second-order valence-electron chi connectivity index (χ2n) is 7.59. The lowest BCUT2D eigenvalue weighted by molar-refractivity contribution is 0.256. The number of halogens is 1. The maximum atomic E-state index is 12.9. The van der Waals surface area contributed by atoms with Crippen molar-refractivity contribution >= 4 is 61.3 Å². The minimum Gasteiger partial charge on any atom is -0.382 e. The highest BCUT2D eigenvalue weighted by Crippen LogP contribution is 2.26. The Hall–Kier alpha value is -3.48. The number of fused-ring (bicyclic) bond motifs is 1. The molecule has 1 aliphatic carbocycles. The van der Waals surface area contributed by atoms with Gasteiger partial charge in [-0.25, -0.2) is 27.9 Å². The van der Waals surface area contributed by atoms with Crippen molar-refractivity contribution in [1.82, 2.24) is 19.3 Å². The normalized spacial score (nSPS) is 13.6. The summed E-state index contributed by atoms with van der Waals surface area (Å²) >= 11 is 6.59. The second kappa shape index (κ2) is 8.70. The molecule has 3 heterocycles. The first-order valence-electron chi connectivity index (χ1n) is 10.1. The van der Waals surface area contributed by atoms with Crippen molar-refractivity contribution < 1.29 is 13.2 Å². The number of anilines is 2. The largest absolute Gasteiger partial charge is 0.382 e. The summed E-state index contributed by atoms with van der Waals surface area (Å²) in [7, 11) is -4.05. The lowest BCUT2D eigenvalue weighted by Gasteiger charge is -2.10. The van der Waals surface area contributed by atoms with Crippen LogP contribution in [-0.2, 0) is 10.0 Å². The number of aromatic nitrogens is 3. The molecule has 1 saturated carbocycles. The van der Waals surface area contributed by atoms with Gasteiger partial charge < -0.3 is 10.6 Å². The van der Waals surface area contributed by atoms with Gasteiger partial charge in [0, 0.05) is 11.7 Å². The van der Waals surface area contributed by atoms with E-state index in [1.165, 1.54) is 41.4 Å². The predicted molar refractivity (Wildman–Crippen MR) is 130 cm³/mol. The molecule has 0 aliphatic heterocycles. The first-order valence-corrected chi connectivity index (χ1v) is 12.8. The van der Waals surface area contributed by atoms with Crippen LogP contribution >= 0.6 is 22.9 Å². The van der Waals surface area contributed by atoms with Crippen LogP contribution in [0.1, 0.15) is 12.8 Å². The van der Waals surface area contributed by atoms with Crippen molar-refractivity contribution in [3.63, 3.8) is 0 Å². The summed E-state index contributed by atoms with van der Waals surface area (Å²) in [5.74, 6) is 0.298. The third-order valence-electron chi connectivity index (χ3n) is 5.00. The van der Waals surface area contributed by atoms with Crippen molar-refractivity contribution in [2.24, 2.45) is 0 Å². The van der Waals surface area contributed by atoms with Gasteiger partial charge in [-0.3, -0.25) is 9.36 Å². The molecule has 0 atom stereocenters. The number of hydrogen-bond donors (Lipinski definition) is 3. The van der Waals surface area contributed by atoms with Crippen LogP contribution in [0.25, 0.3) is 16.7 Å². The van der Waals surface area contributed by atoms with Crippen LogP contribution in [0.3, 0.4) is 0 Å². The van der Waals surface area contributed by atoms with Gasteiger partial charge in [-0.05, 0) is 55.3 Å². The fourth-order valence-corrected chi connectivity index (χ4v) is 5.60. The molecule has 0 unspecified atom stereocenters. The Morgan fingerprint density at radius 3 is 2.56 bits per heavy atom. The van der Waals surface area contributed by atoms with Gasteiger partial charge in [0.1, 0.15) is 16.4 Å². The van der Waals surface area contributed by atoms with Crippen molar-refractivity contribution in [3.05, 3.63) is 69.7 Å². The molecule has 2 amide bonds. The van der Waals surface area contributed by atoms with Crippen molar-refractivity contribution in [3.8, 4) is 5.82 Å². The number of pyridine rings is 1. The second-order valence-corrected chi connectivity index (χ2v) is 11.2. The number of nitrogens with one attached hydrogen (secondary N) is 3. The van der Waals surface area contributed by atoms with Crippen molar-refractivity contribution in [2.45, 2.75) is 23.1 Å². The molecule has 1 aliphatic rings. The molecule has 0 radical (unpaired) electrons. The zero-order valence-electron chi connectivity index (χ0n) is 17.4. The summed E-state index contributed by atoms with van der Waals surface area (Å²) in [5, 5.41) is 6.22. The number of rotatable bonds is 6. The quantitative estimate of drug-likeness (QED) is 0.356. The summed E-state index contributed by atoms with van der Waals surface area (Å²) in [4.78, 5) is 33.6. The molecule has 34 heavy (non-hydrogen) atoms. The van der Waals surface area contributed by atoms with Crippen molar-refractivity contribution in [2.75, 3.05) is 10.6 Å². The number of sulfonamides is 1. The van der Waals surface area contributed by atoms with Crippen LogP contribution in [-0.4, -0.2) is 35.0 Å². The average Bonchev–Trinajstić information content (AvgIpc) is 3.50. The van der Waals surface area contributed by atoms with Crippen LogP contribution < -0.4 is 20.9 Å². The molecular formula is C21H17ClN6O4S2. The minimum absolute atomic E-state index is 0.0836. The number of nitrogens with zero attached hydrogens (tertiary/aromatic N) is 3. The molecule has 1 aromatic carbocycles. The van der Waals surface area contributed by atoms with Gasteiger partial charge in [0.2, 0.25) is 0 Å². The van der Waals surface area contributed by atoms with Gasteiger partial charge in [0.05, 0.1) is 27.1 Å². The molecule has 13 heteroatoms. The van der Waals surface area contributed by atoms with Gasteiger partial charge in [0.25, 0.3) is 15.6 Å². The fourth-order valence-electron chi connectivity index (χ4n) is 3.21. The number of amides is 2. The number of hydrogen-bond acceptors (Lipinski definition) is 8. The number of carbonyl (C=O) groups is 1. The Morgan fingerprint density at radius 2 is 1.88 bits per heavy atom. The predicted octanol–water partition coefficient (Wildman–Crippen LogP) is 3.58. The lowest BCUT2D eigenvalue weighted by atomic mass is 10.2. The Labute approximate surface area is 202 Å². The molecule has 1 fully saturated rings. The Kier molecular flexibility index (Phi) is 5.71.